The smallest absolute Gasteiger partial charge is 0.156 e. The maximum absolute atomic E-state index is 11.9. The SMILES string of the molecule is CC(C)(C)S(=O)(=O)CCNc1ccc(Br)c(Cl)c1Cl. The lowest BCUT2D eigenvalue weighted by Crippen LogP contribution is -2.32. The van der Waals surface area contributed by atoms with Crippen molar-refractivity contribution in [2.24, 2.45) is 0 Å². The third kappa shape index (κ3) is 4.25. The zero-order chi connectivity index (χ0) is 14.8. The second kappa shape index (κ2) is 6.20. The lowest BCUT2D eigenvalue weighted by atomic mass is 10.3. The van der Waals surface area contributed by atoms with Crippen molar-refractivity contribution in [1.29, 1.82) is 0 Å². The van der Waals surface area contributed by atoms with Crippen LogP contribution in [0.3, 0.4) is 0 Å². The van der Waals surface area contributed by atoms with Crippen molar-refractivity contribution in [2.75, 3.05) is 17.6 Å². The first-order chi connectivity index (χ1) is 8.56. The molecule has 0 unspecified atom stereocenters. The molecule has 108 valence electrons. The van der Waals surface area contributed by atoms with Crippen molar-refractivity contribution in [3.8, 4) is 0 Å². The molecule has 0 aliphatic carbocycles. The Labute approximate surface area is 132 Å². The van der Waals surface area contributed by atoms with Crippen molar-refractivity contribution in [1.82, 2.24) is 0 Å². The van der Waals surface area contributed by atoms with Gasteiger partial charge in [0, 0.05) is 11.0 Å². The van der Waals surface area contributed by atoms with Crippen LogP contribution < -0.4 is 5.32 Å². The Balaban J connectivity index is 2.73. The molecule has 0 aromatic heterocycles. The van der Waals surface area contributed by atoms with Gasteiger partial charge >= 0.3 is 0 Å². The summed E-state index contributed by atoms with van der Waals surface area (Å²) in [6.45, 7) is 5.35. The van der Waals surface area contributed by atoms with Gasteiger partial charge in [-0.3, -0.25) is 0 Å². The minimum absolute atomic E-state index is 0.0422. The Morgan fingerprint density at radius 3 is 2.32 bits per heavy atom. The first-order valence-electron chi connectivity index (χ1n) is 5.66. The van der Waals surface area contributed by atoms with Gasteiger partial charge in [-0.15, -0.1) is 0 Å². The molecule has 1 aromatic carbocycles. The molecule has 7 heteroatoms. The molecule has 0 atom stereocenters. The molecule has 1 aromatic rings. The number of anilines is 1. The summed E-state index contributed by atoms with van der Waals surface area (Å²) in [4.78, 5) is 0. The van der Waals surface area contributed by atoms with Crippen LogP contribution in [0.4, 0.5) is 5.69 Å². The zero-order valence-corrected chi connectivity index (χ0v) is 14.8. The predicted octanol–water partition coefficient (Wildman–Crippen LogP) is 4.38. The molecule has 0 heterocycles. The van der Waals surface area contributed by atoms with E-state index in [0.717, 1.165) is 0 Å². The van der Waals surface area contributed by atoms with Gasteiger partial charge in [-0.25, -0.2) is 8.42 Å². The summed E-state index contributed by atoms with van der Waals surface area (Å²) >= 11 is 15.3. The highest BCUT2D eigenvalue weighted by atomic mass is 79.9. The van der Waals surface area contributed by atoms with Crippen LogP contribution in [0, 0.1) is 0 Å². The summed E-state index contributed by atoms with van der Waals surface area (Å²) in [6, 6.07) is 3.51. The van der Waals surface area contributed by atoms with E-state index in [2.05, 4.69) is 21.2 Å². The summed E-state index contributed by atoms with van der Waals surface area (Å²) in [7, 11) is -3.15. The van der Waals surface area contributed by atoms with E-state index >= 15 is 0 Å². The second-order valence-electron chi connectivity index (χ2n) is 5.08. The van der Waals surface area contributed by atoms with Gasteiger partial charge in [0.2, 0.25) is 0 Å². The van der Waals surface area contributed by atoms with Gasteiger partial charge in [0.15, 0.2) is 9.84 Å². The second-order valence-corrected chi connectivity index (χ2v) is 9.55. The predicted molar refractivity (Wildman–Crippen MR) is 86.2 cm³/mol. The number of hydrogen-bond donors (Lipinski definition) is 1. The standard InChI is InChI=1S/C12H16BrCl2NO2S/c1-12(2,3)19(17,18)7-6-16-9-5-4-8(13)10(14)11(9)15/h4-5,16H,6-7H2,1-3H3. The van der Waals surface area contributed by atoms with Crippen LogP contribution in [0.1, 0.15) is 20.8 Å². The first kappa shape index (κ1) is 17.1. The van der Waals surface area contributed by atoms with E-state index < -0.39 is 14.6 Å². The highest BCUT2D eigenvalue weighted by Gasteiger charge is 2.28. The van der Waals surface area contributed by atoms with E-state index in [9.17, 15) is 8.42 Å². The van der Waals surface area contributed by atoms with Crippen LogP contribution in [0.5, 0.6) is 0 Å². The highest BCUT2D eigenvalue weighted by molar-refractivity contribution is 9.10. The van der Waals surface area contributed by atoms with Crippen LogP contribution in [-0.2, 0) is 9.84 Å². The lowest BCUT2D eigenvalue weighted by Gasteiger charge is -2.19. The van der Waals surface area contributed by atoms with Gasteiger partial charge in [0.25, 0.3) is 0 Å². The molecule has 0 aliphatic heterocycles. The number of nitrogens with one attached hydrogen (secondary N) is 1. The fraction of sp³-hybridized carbons (Fsp3) is 0.500. The average Bonchev–Trinajstić information content (AvgIpc) is 2.27. The molecular formula is C12H16BrCl2NO2S. The Kier molecular flexibility index (Phi) is 5.58. The summed E-state index contributed by atoms with van der Waals surface area (Å²) in [5, 5.41) is 3.78. The lowest BCUT2D eigenvalue weighted by molar-refractivity contribution is 0.560. The Hall–Kier alpha value is 0.0300. The van der Waals surface area contributed by atoms with Crippen LogP contribution in [-0.4, -0.2) is 25.5 Å². The first-order valence-corrected chi connectivity index (χ1v) is 8.86. The number of benzene rings is 1. The van der Waals surface area contributed by atoms with Crippen LogP contribution in [0.25, 0.3) is 0 Å². The van der Waals surface area contributed by atoms with Crippen molar-refractivity contribution < 1.29 is 8.42 Å². The fourth-order valence-electron chi connectivity index (χ4n) is 1.29. The maximum atomic E-state index is 11.9. The summed E-state index contributed by atoms with van der Waals surface area (Å²) < 4.78 is 23.8. The largest absolute Gasteiger partial charge is 0.383 e. The molecule has 0 spiro atoms. The Morgan fingerprint density at radius 2 is 1.79 bits per heavy atom. The van der Waals surface area contributed by atoms with Gasteiger partial charge in [0.05, 0.1) is 26.2 Å². The number of hydrogen-bond acceptors (Lipinski definition) is 3. The molecule has 0 saturated heterocycles. The fourth-order valence-corrected chi connectivity index (χ4v) is 3.11. The van der Waals surface area contributed by atoms with E-state index in [-0.39, 0.29) is 12.3 Å². The van der Waals surface area contributed by atoms with Gasteiger partial charge in [0.1, 0.15) is 0 Å². The molecule has 1 N–H and O–H groups in total. The zero-order valence-electron chi connectivity index (χ0n) is 10.9. The molecule has 1 rings (SSSR count). The normalized spacial score (nSPS) is 12.5. The molecule has 0 aliphatic rings. The molecular weight excluding hydrogens is 373 g/mol. The summed E-state index contributed by atoms with van der Waals surface area (Å²) in [5.41, 5.74) is 0.624. The van der Waals surface area contributed by atoms with E-state index in [1.54, 1.807) is 32.9 Å². The van der Waals surface area contributed by atoms with Gasteiger partial charge in [-0.1, -0.05) is 23.2 Å². The van der Waals surface area contributed by atoms with Gasteiger partial charge in [-0.05, 0) is 48.8 Å². The Bertz CT molecular complexity index is 568. The van der Waals surface area contributed by atoms with E-state index in [1.807, 2.05) is 0 Å². The minimum Gasteiger partial charge on any atom is -0.383 e. The van der Waals surface area contributed by atoms with Gasteiger partial charge < -0.3 is 5.32 Å². The highest BCUT2D eigenvalue weighted by Crippen LogP contribution is 2.35. The third-order valence-corrected chi connectivity index (χ3v) is 7.03. The third-order valence-electron chi connectivity index (χ3n) is 2.65. The molecule has 0 amide bonds. The number of sulfone groups is 1. The van der Waals surface area contributed by atoms with Crippen molar-refractivity contribution in [3.05, 3.63) is 26.7 Å². The quantitative estimate of drug-likeness (QED) is 0.778. The van der Waals surface area contributed by atoms with Crippen molar-refractivity contribution in [3.63, 3.8) is 0 Å². The molecule has 0 saturated carbocycles. The average molecular weight is 389 g/mol. The minimum atomic E-state index is -3.15. The molecule has 0 fully saturated rings. The van der Waals surface area contributed by atoms with Gasteiger partial charge in [-0.2, -0.15) is 0 Å². The maximum Gasteiger partial charge on any atom is 0.156 e. The van der Waals surface area contributed by atoms with Crippen LogP contribution in [0.2, 0.25) is 10.0 Å². The van der Waals surface area contributed by atoms with Crippen molar-refractivity contribution in [2.45, 2.75) is 25.5 Å². The molecule has 19 heavy (non-hydrogen) atoms. The summed E-state index contributed by atoms with van der Waals surface area (Å²) in [6.07, 6.45) is 0. The van der Waals surface area contributed by atoms with Crippen LogP contribution >= 0.6 is 39.1 Å². The topological polar surface area (TPSA) is 46.2 Å². The molecule has 0 radical (unpaired) electrons. The Morgan fingerprint density at radius 1 is 1.21 bits per heavy atom. The monoisotopic (exact) mass is 387 g/mol. The van der Waals surface area contributed by atoms with E-state index in [4.69, 9.17) is 23.2 Å². The van der Waals surface area contributed by atoms with E-state index in [1.165, 1.54) is 0 Å². The number of halogens is 3. The molecule has 0 bridgehead atoms. The number of rotatable bonds is 4. The van der Waals surface area contributed by atoms with Crippen molar-refractivity contribution >= 4 is 54.7 Å². The van der Waals surface area contributed by atoms with E-state index in [0.29, 0.717) is 20.2 Å². The van der Waals surface area contributed by atoms with Crippen LogP contribution in [0.15, 0.2) is 16.6 Å². The molecule has 3 nitrogen and oxygen atoms in total. The summed E-state index contributed by atoms with van der Waals surface area (Å²) in [5.74, 6) is 0.0422.